The SMILES string of the molecule is CC[C@@H]1OC(C=O)[C@H](O[C@@H]2OC(COS(=O)(=O)O)[C@@H](OC)[C@@H](O)C2NS(=O)(=O)O)[C@@H](O)C1OS(=O)(=O)O. The molecule has 2 rings (SSSR count). The van der Waals surface area contributed by atoms with Crippen LogP contribution in [0.15, 0.2) is 0 Å². The summed E-state index contributed by atoms with van der Waals surface area (Å²) in [5, 5.41) is 21.4. The number of rotatable bonds is 12. The van der Waals surface area contributed by atoms with E-state index >= 15 is 0 Å². The number of carbonyl (C=O) groups excluding carboxylic acids is 1. The van der Waals surface area contributed by atoms with Gasteiger partial charge in [-0.15, -0.1) is 0 Å². The predicted molar refractivity (Wildman–Crippen MR) is 114 cm³/mol. The van der Waals surface area contributed by atoms with Gasteiger partial charge in [-0.25, -0.2) is 8.37 Å². The number of carbonyl (C=O) groups is 1. The van der Waals surface area contributed by atoms with Crippen molar-refractivity contribution in [2.24, 2.45) is 0 Å². The molecule has 0 spiro atoms. The maximum absolute atomic E-state index is 11.7. The van der Waals surface area contributed by atoms with Crippen molar-refractivity contribution in [3.8, 4) is 0 Å². The van der Waals surface area contributed by atoms with Gasteiger partial charge in [-0.05, 0) is 6.42 Å². The summed E-state index contributed by atoms with van der Waals surface area (Å²) in [4.78, 5) is 11.7. The van der Waals surface area contributed by atoms with Gasteiger partial charge in [0.05, 0.1) is 12.7 Å². The summed E-state index contributed by atoms with van der Waals surface area (Å²) in [7, 11) is -14.3. The predicted octanol–water partition coefficient (Wildman–Crippen LogP) is -4.02. The molecule has 0 aromatic carbocycles. The Balaban J connectivity index is 2.44. The van der Waals surface area contributed by atoms with Crippen molar-refractivity contribution in [3.05, 3.63) is 0 Å². The molecule has 4 unspecified atom stereocenters. The number of hydrogen-bond acceptors (Lipinski definition) is 15. The topological polar surface area (TPSA) is 288 Å². The van der Waals surface area contributed by atoms with Crippen molar-refractivity contribution in [2.45, 2.75) is 74.5 Å². The van der Waals surface area contributed by atoms with Gasteiger partial charge in [0, 0.05) is 7.11 Å². The first-order chi connectivity index (χ1) is 16.9. The van der Waals surface area contributed by atoms with Crippen molar-refractivity contribution < 1.29 is 81.2 Å². The lowest BCUT2D eigenvalue weighted by molar-refractivity contribution is -0.314. The molecular formula is C15H27NO18S3. The van der Waals surface area contributed by atoms with Crippen molar-refractivity contribution in [1.29, 1.82) is 0 Å². The van der Waals surface area contributed by atoms with Crippen LogP contribution in [0, 0.1) is 0 Å². The highest BCUT2D eigenvalue weighted by molar-refractivity contribution is 7.83. The zero-order valence-corrected chi connectivity index (χ0v) is 21.5. The van der Waals surface area contributed by atoms with Crippen molar-refractivity contribution in [3.63, 3.8) is 0 Å². The summed E-state index contributed by atoms with van der Waals surface area (Å²) < 4.78 is 126. The zero-order chi connectivity index (χ0) is 28.3. The molecule has 37 heavy (non-hydrogen) atoms. The lowest BCUT2D eigenvalue weighted by Crippen LogP contribution is -2.68. The maximum Gasteiger partial charge on any atom is 0.397 e. The molecule has 10 atom stereocenters. The number of hydrogen-bond donors (Lipinski definition) is 6. The molecule has 22 heteroatoms. The molecule has 0 saturated carbocycles. The molecule has 218 valence electrons. The fourth-order valence-electron chi connectivity index (χ4n) is 3.88. The third-order valence-corrected chi connectivity index (χ3v) is 6.84. The average molecular weight is 606 g/mol. The van der Waals surface area contributed by atoms with Crippen molar-refractivity contribution >= 4 is 37.4 Å². The van der Waals surface area contributed by atoms with Gasteiger partial charge in [-0.2, -0.15) is 30.0 Å². The monoisotopic (exact) mass is 605 g/mol. The fraction of sp³-hybridized carbons (Fsp3) is 0.933. The Kier molecular flexibility index (Phi) is 10.9. The lowest BCUT2D eigenvalue weighted by atomic mass is 9.93. The van der Waals surface area contributed by atoms with Crippen molar-refractivity contribution in [1.82, 2.24) is 4.72 Å². The summed E-state index contributed by atoms with van der Waals surface area (Å²) in [6.45, 7) is 0.457. The molecule has 2 aliphatic rings. The van der Waals surface area contributed by atoms with Gasteiger partial charge in [0.25, 0.3) is 0 Å². The van der Waals surface area contributed by atoms with Crippen LogP contribution in [-0.2, 0) is 63.2 Å². The minimum absolute atomic E-state index is 0.0234. The van der Waals surface area contributed by atoms with Crippen LogP contribution in [0.2, 0.25) is 0 Å². The molecule has 0 aromatic rings. The quantitative estimate of drug-likeness (QED) is 0.0911. The Morgan fingerprint density at radius 3 is 1.97 bits per heavy atom. The van der Waals surface area contributed by atoms with E-state index in [2.05, 4.69) is 8.37 Å². The van der Waals surface area contributed by atoms with Gasteiger partial charge in [-0.1, -0.05) is 6.92 Å². The Morgan fingerprint density at radius 2 is 1.51 bits per heavy atom. The zero-order valence-electron chi connectivity index (χ0n) is 19.0. The highest BCUT2D eigenvalue weighted by Crippen LogP contribution is 2.32. The Labute approximate surface area is 211 Å². The number of methoxy groups -OCH3 is 1. The molecule has 2 fully saturated rings. The number of nitrogens with one attached hydrogen (secondary N) is 1. The Morgan fingerprint density at radius 1 is 0.892 bits per heavy atom. The second-order valence-corrected chi connectivity index (χ2v) is 11.2. The smallest absolute Gasteiger partial charge is 0.388 e. The second kappa shape index (κ2) is 12.5. The van der Waals surface area contributed by atoms with Crippen LogP contribution in [0.4, 0.5) is 0 Å². The van der Waals surface area contributed by atoms with E-state index < -0.39 is 98.9 Å². The standard InChI is InChI=1S/C15H27NO18S3/c1-3-6-14(34-37(26,27)28)11(19)13(7(4-17)31-6)33-15-9(16-35(20,21)22)10(18)12(29-2)8(32-15)5-30-36(23,24)25/h4,6-16,18-19H,3,5H2,1-2H3,(H,20,21,22)(H,23,24,25)(H,26,27,28)/t6-,7?,8?,9?,10-,11+,12+,13-,14?,15-/m0/s1. The van der Waals surface area contributed by atoms with Gasteiger partial charge in [0.2, 0.25) is 0 Å². The van der Waals surface area contributed by atoms with Crippen LogP contribution in [0.1, 0.15) is 13.3 Å². The van der Waals surface area contributed by atoms with E-state index in [9.17, 15) is 44.8 Å². The minimum Gasteiger partial charge on any atom is -0.388 e. The normalized spacial score (nSPS) is 37.8. The van der Waals surface area contributed by atoms with E-state index in [0.29, 0.717) is 0 Å². The van der Waals surface area contributed by atoms with Gasteiger partial charge in [-0.3, -0.25) is 13.7 Å². The molecule has 0 aromatic heterocycles. The van der Waals surface area contributed by atoms with Crippen LogP contribution >= 0.6 is 0 Å². The first-order valence-corrected chi connectivity index (χ1v) is 14.4. The van der Waals surface area contributed by atoms with Gasteiger partial charge in [0.15, 0.2) is 12.6 Å². The first kappa shape index (κ1) is 32.3. The third-order valence-electron chi connectivity index (χ3n) is 5.37. The van der Waals surface area contributed by atoms with E-state index in [-0.39, 0.29) is 12.7 Å². The Hall–Kier alpha value is -0.960. The number of aliphatic hydroxyl groups is 2. The highest BCUT2D eigenvalue weighted by atomic mass is 32.3. The summed E-state index contributed by atoms with van der Waals surface area (Å²) >= 11 is 0. The van der Waals surface area contributed by atoms with Gasteiger partial charge >= 0.3 is 31.1 Å². The molecule has 0 amide bonds. The van der Waals surface area contributed by atoms with Crippen LogP contribution < -0.4 is 4.72 Å². The van der Waals surface area contributed by atoms with Crippen molar-refractivity contribution in [2.75, 3.05) is 13.7 Å². The van der Waals surface area contributed by atoms with E-state index in [0.717, 1.165) is 7.11 Å². The highest BCUT2D eigenvalue weighted by Gasteiger charge is 2.53. The largest absolute Gasteiger partial charge is 0.397 e. The molecular weight excluding hydrogens is 578 g/mol. The number of aliphatic hydroxyl groups excluding tert-OH is 2. The van der Waals surface area contributed by atoms with Crippen LogP contribution in [-0.4, -0.2) is 130 Å². The molecule has 2 heterocycles. The molecule has 19 nitrogen and oxygen atoms in total. The lowest BCUT2D eigenvalue weighted by Gasteiger charge is -2.47. The van der Waals surface area contributed by atoms with Crippen LogP contribution in [0.5, 0.6) is 0 Å². The number of ether oxygens (including phenoxy) is 4. The summed E-state index contributed by atoms with van der Waals surface area (Å²) in [5.74, 6) is 0. The summed E-state index contributed by atoms with van der Waals surface area (Å²) in [5.41, 5.74) is 0. The van der Waals surface area contributed by atoms with E-state index in [1.54, 1.807) is 4.72 Å². The first-order valence-electron chi connectivity index (χ1n) is 10.2. The second-order valence-electron chi connectivity index (χ2n) is 7.83. The molecule has 6 N–H and O–H groups in total. The van der Waals surface area contributed by atoms with Gasteiger partial charge in [0.1, 0.15) is 48.8 Å². The van der Waals surface area contributed by atoms with E-state index in [1.807, 2.05) is 0 Å². The molecule has 2 saturated heterocycles. The maximum atomic E-state index is 11.7. The fourth-order valence-corrected chi connectivity index (χ4v) is 5.30. The number of aldehydes is 1. The molecule has 0 radical (unpaired) electrons. The Bertz CT molecular complexity index is 1090. The van der Waals surface area contributed by atoms with E-state index in [1.165, 1.54) is 6.92 Å². The molecule has 2 aliphatic heterocycles. The third kappa shape index (κ3) is 9.04. The minimum atomic E-state index is -5.16. The van der Waals surface area contributed by atoms with Crippen LogP contribution in [0.3, 0.4) is 0 Å². The summed E-state index contributed by atoms with van der Waals surface area (Å²) in [6, 6.07) is -1.95. The van der Waals surface area contributed by atoms with E-state index in [4.69, 9.17) is 28.1 Å². The van der Waals surface area contributed by atoms with Crippen LogP contribution in [0.25, 0.3) is 0 Å². The average Bonchev–Trinajstić information content (AvgIpc) is 2.75. The molecule has 0 aliphatic carbocycles. The molecule has 0 bridgehead atoms. The summed E-state index contributed by atoms with van der Waals surface area (Å²) in [6.07, 6.45) is -15.8. The van der Waals surface area contributed by atoms with Gasteiger partial charge < -0.3 is 34.0 Å².